The van der Waals surface area contributed by atoms with Crippen LogP contribution in [0, 0.1) is 0 Å². The molecule has 1 aromatic rings. The molecule has 0 spiro atoms. The van der Waals surface area contributed by atoms with Gasteiger partial charge in [0.2, 0.25) is 0 Å². The van der Waals surface area contributed by atoms with Crippen molar-refractivity contribution >= 4 is 45.2 Å². The highest BCUT2D eigenvalue weighted by Crippen LogP contribution is 2.41. The minimum atomic E-state index is -1.00. The van der Waals surface area contributed by atoms with Gasteiger partial charge >= 0.3 is 6.09 Å². The van der Waals surface area contributed by atoms with Crippen LogP contribution in [0.5, 0.6) is 0 Å². The number of benzene rings is 1. The lowest BCUT2D eigenvalue weighted by Gasteiger charge is -2.16. The summed E-state index contributed by atoms with van der Waals surface area (Å²) in [5, 5.41) is 12.3. The Labute approximate surface area is 117 Å². The van der Waals surface area contributed by atoms with Crippen LogP contribution in [-0.4, -0.2) is 16.7 Å². The van der Waals surface area contributed by atoms with Crippen molar-refractivity contribution in [2.24, 2.45) is 0 Å². The van der Waals surface area contributed by atoms with E-state index in [-0.39, 0.29) is 5.54 Å². The van der Waals surface area contributed by atoms with E-state index in [0.29, 0.717) is 16.5 Å². The van der Waals surface area contributed by atoms with Gasteiger partial charge in [0.05, 0.1) is 10.0 Å². The van der Waals surface area contributed by atoms with E-state index >= 15 is 0 Å². The van der Waals surface area contributed by atoms with E-state index in [4.69, 9.17) is 28.3 Å². The first kappa shape index (κ1) is 13.0. The molecular weight excluding hydrogens is 329 g/mol. The first-order chi connectivity index (χ1) is 7.92. The monoisotopic (exact) mass is 337 g/mol. The topological polar surface area (TPSA) is 49.3 Å². The zero-order chi connectivity index (χ0) is 12.6. The summed E-state index contributed by atoms with van der Waals surface area (Å²) in [4.78, 5) is 10.7. The summed E-state index contributed by atoms with van der Waals surface area (Å²) in [7, 11) is 0. The van der Waals surface area contributed by atoms with E-state index in [0.717, 1.165) is 22.9 Å². The predicted molar refractivity (Wildman–Crippen MR) is 71.0 cm³/mol. The Hall–Kier alpha value is -0.450. The zero-order valence-corrected chi connectivity index (χ0v) is 11.9. The molecule has 0 atom stereocenters. The second kappa shape index (κ2) is 4.67. The molecule has 3 nitrogen and oxygen atoms in total. The molecule has 0 unspecified atom stereocenters. The lowest BCUT2D eigenvalue weighted by molar-refractivity contribution is 0.188. The smallest absolute Gasteiger partial charge is 0.405 e. The van der Waals surface area contributed by atoms with Gasteiger partial charge in [-0.1, -0.05) is 39.1 Å². The summed E-state index contributed by atoms with van der Waals surface area (Å²) in [5.74, 6) is 0. The van der Waals surface area contributed by atoms with Gasteiger partial charge in [-0.05, 0) is 37.0 Å². The summed E-state index contributed by atoms with van der Waals surface area (Å²) in [6.07, 6.45) is 1.23. The third-order valence-corrected chi connectivity index (χ3v) is 4.12. The summed E-state index contributed by atoms with van der Waals surface area (Å²) >= 11 is 15.4. The number of carboxylic acid groups (broad SMARTS) is 1. The molecule has 1 fully saturated rings. The minimum absolute atomic E-state index is 0.362. The lowest BCUT2D eigenvalue weighted by Crippen LogP contribution is -2.37. The average Bonchev–Trinajstić information content (AvgIpc) is 2.92. The Morgan fingerprint density at radius 1 is 1.47 bits per heavy atom. The number of hydrogen-bond acceptors (Lipinski definition) is 1. The molecule has 0 radical (unpaired) electrons. The van der Waals surface area contributed by atoms with Crippen LogP contribution in [0.1, 0.15) is 18.4 Å². The van der Waals surface area contributed by atoms with Crippen LogP contribution in [0.3, 0.4) is 0 Å². The average molecular weight is 339 g/mol. The molecule has 1 aliphatic rings. The van der Waals surface area contributed by atoms with Gasteiger partial charge in [0.25, 0.3) is 0 Å². The molecule has 2 rings (SSSR count). The van der Waals surface area contributed by atoms with Crippen molar-refractivity contribution < 1.29 is 9.90 Å². The molecule has 1 aromatic carbocycles. The fourth-order valence-corrected chi connectivity index (χ4v) is 2.88. The maximum Gasteiger partial charge on any atom is 0.405 e. The first-order valence-corrected chi connectivity index (χ1v) is 6.61. The van der Waals surface area contributed by atoms with Gasteiger partial charge in [-0.25, -0.2) is 4.79 Å². The van der Waals surface area contributed by atoms with Crippen LogP contribution < -0.4 is 5.32 Å². The van der Waals surface area contributed by atoms with E-state index in [1.807, 2.05) is 6.07 Å². The highest BCUT2D eigenvalue weighted by atomic mass is 79.9. The molecular formula is C11H10BrCl2NO2. The van der Waals surface area contributed by atoms with Crippen LogP contribution >= 0.6 is 39.1 Å². The van der Waals surface area contributed by atoms with E-state index < -0.39 is 6.09 Å². The fourth-order valence-electron chi connectivity index (χ4n) is 1.83. The number of halogens is 3. The number of amides is 1. The minimum Gasteiger partial charge on any atom is -0.465 e. The van der Waals surface area contributed by atoms with Crippen LogP contribution in [0.2, 0.25) is 10.0 Å². The van der Waals surface area contributed by atoms with Crippen molar-refractivity contribution in [3.05, 3.63) is 32.2 Å². The number of carbonyl (C=O) groups is 1. The maximum atomic E-state index is 10.7. The molecule has 1 saturated carbocycles. The van der Waals surface area contributed by atoms with E-state index in [1.165, 1.54) is 0 Å². The Morgan fingerprint density at radius 2 is 2.12 bits per heavy atom. The largest absolute Gasteiger partial charge is 0.465 e. The number of rotatable bonds is 3. The van der Waals surface area contributed by atoms with Crippen molar-refractivity contribution in [3.8, 4) is 0 Å². The summed E-state index contributed by atoms with van der Waals surface area (Å²) in [5.41, 5.74) is 0.497. The highest BCUT2D eigenvalue weighted by molar-refractivity contribution is 9.10. The molecule has 17 heavy (non-hydrogen) atoms. The van der Waals surface area contributed by atoms with Crippen molar-refractivity contribution in [2.45, 2.75) is 24.8 Å². The van der Waals surface area contributed by atoms with Crippen molar-refractivity contribution in [2.75, 3.05) is 0 Å². The molecule has 0 heterocycles. The van der Waals surface area contributed by atoms with Crippen molar-refractivity contribution in [1.29, 1.82) is 0 Å². The quantitative estimate of drug-likeness (QED) is 0.815. The third kappa shape index (κ3) is 3.06. The lowest BCUT2D eigenvalue weighted by atomic mass is 10.0. The first-order valence-electron chi connectivity index (χ1n) is 5.06. The Balaban J connectivity index is 2.22. The van der Waals surface area contributed by atoms with Gasteiger partial charge in [0.15, 0.2) is 0 Å². The molecule has 2 N–H and O–H groups in total. The van der Waals surface area contributed by atoms with Crippen LogP contribution in [0.15, 0.2) is 16.6 Å². The zero-order valence-electron chi connectivity index (χ0n) is 8.77. The van der Waals surface area contributed by atoms with Gasteiger partial charge in [0.1, 0.15) is 0 Å². The third-order valence-electron chi connectivity index (χ3n) is 2.82. The molecule has 1 aliphatic carbocycles. The van der Waals surface area contributed by atoms with E-state index in [9.17, 15) is 4.79 Å². The van der Waals surface area contributed by atoms with Crippen LogP contribution in [-0.2, 0) is 6.42 Å². The SMILES string of the molecule is O=C(O)NC1(Cc2cc(Br)cc(Cl)c2Cl)CC1. The normalized spacial score (nSPS) is 16.6. The second-order valence-electron chi connectivity index (χ2n) is 4.25. The van der Waals surface area contributed by atoms with Crippen LogP contribution in [0.4, 0.5) is 4.79 Å². The van der Waals surface area contributed by atoms with Crippen molar-refractivity contribution in [1.82, 2.24) is 5.32 Å². The highest BCUT2D eigenvalue weighted by Gasteiger charge is 2.44. The molecule has 6 heteroatoms. The summed E-state index contributed by atoms with van der Waals surface area (Å²) in [6, 6.07) is 3.59. The predicted octanol–water partition coefficient (Wildman–Crippen LogP) is 4.10. The molecule has 0 aromatic heterocycles. The van der Waals surface area contributed by atoms with Crippen molar-refractivity contribution in [3.63, 3.8) is 0 Å². The van der Waals surface area contributed by atoms with Gasteiger partial charge in [0, 0.05) is 10.0 Å². The Kier molecular flexibility index (Phi) is 3.57. The molecule has 1 amide bonds. The second-order valence-corrected chi connectivity index (χ2v) is 5.95. The Bertz CT molecular complexity index is 475. The fraction of sp³-hybridized carbons (Fsp3) is 0.364. The standard InChI is InChI=1S/C11H10BrCl2NO2/c12-7-3-6(9(14)8(13)4-7)5-11(1-2-11)15-10(16)17/h3-4,15H,1-2,5H2,(H,16,17). The van der Waals surface area contributed by atoms with Gasteiger partial charge in [-0.15, -0.1) is 0 Å². The van der Waals surface area contributed by atoms with E-state index in [1.54, 1.807) is 6.07 Å². The number of hydrogen-bond donors (Lipinski definition) is 2. The molecule has 0 aliphatic heterocycles. The molecule has 0 bridgehead atoms. The maximum absolute atomic E-state index is 10.7. The summed E-state index contributed by atoms with van der Waals surface area (Å²) in [6.45, 7) is 0. The summed E-state index contributed by atoms with van der Waals surface area (Å²) < 4.78 is 0.841. The van der Waals surface area contributed by atoms with Gasteiger partial charge < -0.3 is 10.4 Å². The van der Waals surface area contributed by atoms with Crippen LogP contribution in [0.25, 0.3) is 0 Å². The van der Waals surface area contributed by atoms with E-state index in [2.05, 4.69) is 21.2 Å². The Morgan fingerprint density at radius 3 is 2.65 bits per heavy atom. The van der Waals surface area contributed by atoms with Gasteiger partial charge in [-0.3, -0.25) is 0 Å². The molecule has 0 saturated heterocycles. The van der Waals surface area contributed by atoms with Gasteiger partial charge in [-0.2, -0.15) is 0 Å². The number of nitrogens with one attached hydrogen (secondary N) is 1. The molecule has 92 valence electrons.